The number of anilines is 4. The van der Waals surface area contributed by atoms with Crippen LogP contribution in [0.25, 0.3) is 27.6 Å². The van der Waals surface area contributed by atoms with Gasteiger partial charge in [-0.25, -0.2) is 4.98 Å². The van der Waals surface area contributed by atoms with Crippen LogP contribution in [0.1, 0.15) is 129 Å². The van der Waals surface area contributed by atoms with Gasteiger partial charge in [0.1, 0.15) is 24.0 Å². The minimum Gasteiger partial charge on any atom is -0.457 e. The van der Waals surface area contributed by atoms with Crippen molar-refractivity contribution < 1.29 is 4.74 Å². The van der Waals surface area contributed by atoms with E-state index in [0.717, 1.165) is 45.4 Å². The summed E-state index contributed by atoms with van der Waals surface area (Å²) in [5.74, 6) is 2.47. The maximum atomic E-state index is 7.10. The Morgan fingerprint density at radius 2 is 0.915 bits per heavy atom. The topological polar surface area (TPSA) is 33.5 Å². The van der Waals surface area contributed by atoms with Crippen molar-refractivity contribution in [1.29, 1.82) is 0 Å². The molecule has 7 aromatic carbocycles. The first-order valence-electron chi connectivity index (χ1n) is 25.4. The van der Waals surface area contributed by atoms with Crippen LogP contribution in [0.2, 0.25) is 0 Å². The zero-order chi connectivity index (χ0) is 50.3. The summed E-state index contributed by atoms with van der Waals surface area (Å²) in [7, 11) is 0. The normalized spacial score (nSPS) is 13.6. The molecule has 0 N–H and O–H groups in total. The fourth-order valence-corrected chi connectivity index (χ4v) is 10.3. The second-order valence-electron chi connectivity index (χ2n) is 24.0. The van der Waals surface area contributed by atoms with E-state index in [9.17, 15) is 0 Å². The molecule has 10 rings (SSSR count). The van der Waals surface area contributed by atoms with Gasteiger partial charge in [-0.1, -0.05) is 181 Å². The molecule has 0 spiro atoms. The third-order valence-electron chi connectivity index (χ3n) is 15.2. The Morgan fingerprint density at radius 3 is 1.55 bits per heavy atom. The SMILES string of the molecule is CC(C)(C)c1cc(Oc2ccc3c4ccc(C(C)(C)C)cc4n(-c4cc(C(C)(C)C)ccn4)c3c2)cc(N2CN(c3cccc(C(C)(C)c4ccccc4)c3)c3cc(C(C)(C)c4ccccc4)ccc32)c1. The summed E-state index contributed by atoms with van der Waals surface area (Å²) >= 11 is 0. The molecule has 1 aliphatic heterocycles. The Kier molecular flexibility index (Phi) is 11.6. The first kappa shape index (κ1) is 47.6. The van der Waals surface area contributed by atoms with E-state index in [1.165, 1.54) is 55.4 Å². The molecular formula is C66H70N4O. The highest BCUT2D eigenvalue weighted by molar-refractivity contribution is 6.09. The van der Waals surface area contributed by atoms with Crippen LogP contribution >= 0.6 is 0 Å². The summed E-state index contributed by atoms with van der Waals surface area (Å²) in [5.41, 5.74) is 15.0. The summed E-state index contributed by atoms with van der Waals surface area (Å²) < 4.78 is 9.43. The Bertz CT molecular complexity index is 3430. The molecule has 2 aromatic heterocycles. The predicted molar refractivity (Wildman–Crippen MR) is 300 cm³/mol. The molecule has 0 fully saturated rings. The number of pyridine rings is 1. The van der Waals surface area contributed by atoms with Crippen LogP contribution < -0.4 is 14.5 Å². The lowest BCUT2D eigenvalue weighted by Gasteiger charge is -2.29. The van der Waals surface area contributed by atoms with Crippen molar-refractivity contribution in [3.8, 4) is 17.3 Å². The van der Waals surface area contributed by atoms with Crippen molar-refractivity contribution in [1.82, 2.24) is 9.55 Å². The van der Waals surface area contributed by atoms with Crippen LogP contribution in [0.3, 0.4) is 0 Å². The fourth-order valence-electron chi connectivity index (χ4n) is 10.3. The quantitative estimate of drug-likeness (QED) is 0.144. The van der Waals surface area contributed by atoms with E-state index in [1.54, 1.807) is 0 Å². The van der Waals surface area contributed by atoms with Crippen LogP contribution in [-0.4, -0.2) is 16.2 Å². The molecule has 360 valence electrons. The van der Waals surface area contributed by atoms with Crippen LogP contribution in [-0.2, 0) is 27.1 Å². The van der Waals surface area contributed by atoms with E-state index in [1.807, 2.05) is 6.20 Å². The molecule has 0 saturated carbocycles. The monoisotopic (exact) mass is 935 g/mol. The largest absolute Gasteiger partial charge is 0.457 e. The van der Waals surface area contributed by atoms with Gasteiger partial charge in [0.25, 0.3) is 0 Å². The van der Waals surface area contributed by atoms with Crippen LogP contribution in [0.15, 0.2) is 176 Å². The highest BCUT2D eigenvalue weighted by atomic mass is 16.5. The molecule has 9 aromatic rings. The van der Waals surface area contributed by atoms with Crippen molar-refractivity contribution in [2.45, 2.75) is 117 Å². The molecule has 0 saturated heterocycles. The lowest BCUT2D eigenvalue weighted by molar-refractivity contribution is 0.479. The van der Waals surface area contributed by atoms with E-state index in [4.69, 9.17) is 9.72 Å². The molecule has 0 unspecified atom stereocenters. The second-order valence-corrected chi connectivity index (χ2v) is 24.0. The number of aromatic nitrogens is 2. The average Bonchev–Trinajstić information content (AvgIpc) is 3.89. The Hall–Kier alpha value is -7.11. The molecule has 5 nitrogen and oxygen atoms in total. The Morgan fingerprint density at radius 1 is 0.380 bits per heavy atom. The molecule has 0 amide bonds. The highest BCUT2D eigenvalue weighted by Gasteiger charge is 2.34. The van der Waals surface area contributed by atoms with Gasteiger partial charge in [0.2, 0.25) is 0 Å². The maximum absolute atomic E-state index is 7.10. The number of hydrogen-bond acceptors (Lipinski definition) is 4. The zero-order valence-corrected chi connectivity index (χ0v) is 44.1. The standard InChI is InChI=1S/C66H70N4O/c1-62(2,3)46-27-30-55-56-31-29-53(42-59(56)70(58(55)38-46)61-40-47(33-34-67-61)63(4,5)6)71-54-37-50(64(7,8)9)36-52(41-54)69-43-68(51-26-20-25-48(35-51)65(10,11)44-21-16-14-17-22-44)60-39-49(28-32-57(60)69)66(12,13)45-23-18-15-19-24-45/h14-42H,43H2,1-13H3. The Balaban J connectivity index is 1.09. The molecule has 3 heterocycles. The van der Waals surface area contributed by atoms with Gasteiger partial charge in [0.15, 0.2) is 0 Å². The molecule has 0 radical (unpaired) electrons. The summed E-state index contributed by atoms with van der Waals surface area (Å²) in [6, 6.07) is 62.6. The molecule has 1 aliphatic rings. The van der Waals surface area contributed by atoms with Gasteiger partial charge in [-0.15, -0.1) is 0 Å². The van der Waals surface area contributed by atoms with Gasteiger partial charge in [-0.05, 0) is 122 Å². The smallest absolute Gasteiger partial charge is 0.137 e. The van der Waals surface area contributed by atoms with E-state index in [0.29, 0.717) is 6.67 Å². The molecule has 0 atom stereocenters. The minimum atomic E-state index is -0.215. The minimum absolute atomic E-state index is 0.0164. The predicted octanol–water partition coefficient (Wildman–Crippen LogP) is 17.8. The molecule has 71 heavy (non-hydrogen) atoms. The lowest BCUT2D eigenvalue weighted by atomic mass is 9.77. The Labute approximate surface area is 422 Å². The van der Waals surface area contributed by atoms with Crippen LogP contribution in [0, 0.1) is 0 Å². The van der Waals surface area contributed by atoms with E-state index in [-0.39, 0.29) is 27.1 Å². The summed E-state index contributed by atoms with van der Waals surface area (Å²) in [5, 5.41) is 2.36. The van der Waals surface area contributed by atoms with E-state index >= 15 is 0 Å². The van der Waals surface area contributed by atoms with Crippen molar-refractivity contribution in [3.63, 3.8) is 0 Å². The molecule has 5 heteroatoms. The van der Waals surface area contributed by atoms with Crippen molar-refractivity contribution in [2.75, 3.05) is 16.5 Å². The van der Waals surface area contributed by atoms with Gasteiger partial charge in [-0.3, -0.25) is 4.57 Å². The lowest BCUT2D eigenvalue weighted by Crippen LogP contribution is -2.25. The second kappa shape index (κ2) is 17.3. The van der Waals surface area contributed by atoms with Gasteiger partial charge in [0, 0.05) is 51.3 Å². The van der Waals surface area contributed by atoms with Gasteiger partial charge >= 0.3 is 0 Å². The number of fused-ring (bicyclic) bond motifs is 4. The molecule has 0 bridgehead atoms. The zero-order valence-electron chi connectivity index (χ0n) is 44.1. The maximum Gasteiger partial charge on any atom is 0.137 e. The van der Waals surface area contributed by atoms with Crippen molar-refractivity contribution in [3.05, 3.63) is 215 Å². The first-order chi connectivity index (χ1) is 33.6. The van der Waals surface area contributed by atoms with Gasteiger partial charge in [0.05, 0.1) is 22.4 Å². The first-order valence-corrected chi connectivity index (χ1v) is 25.4. The van der Waals surface area contributed by atoms with Crippen molar-refractivity contribution in [2.24, 2.45) is 0 Å². The van der Waals surface area contributed by atoms with Gasteiger partial charge < -0.3 is 14.5 Å². The summed E-state index contributed by atoms with van der Waals surface area (Å²) in [6.07, 6.45) is 1.95. The molecular weight excluding hydrogens is 865 g/mol. The van der Waals surface area contributed by atoms with Crippen LogP contribution in [0.5, 0.6) is 11.5 Å². The number of rotatable bonds is 9. The number of hydrogen-bond donors (Lipinski definition) is 0. The molecule has 0 aliphatic carbocycles. The fraction of sp³-hybridized carbons (Fsp3) is 0.288. The number of benzene rings is 7. The summed E-state index contributed by atoms with van der Waals surface area (Å²) in [4.78, 5) is 9.98. The number of ether oxygens (including phenoxy) is 1. The number of nitrogens with zero attached hydrogens (tertiary/aromatic N) is 4. The highest BCUT2D eigenvalue weighted by Crippen LogP contribution is 2.49. The van der Waals surface area contributed by atoms with Gasteiger partial charge in [-0.2, -0.15) is 0 Å². The average molecular weight is 935 g/mol. The van der Waals surface area contributed by atoms with Crippen LogP contribution in [0.4, 0.5) is 22.7 Å². The third-order valence-corrected chi connectivity index (χ3v) is 15.2. The van der Waals surface area contributed by atoms with Crippen molar-refractivity contribution >= 4 is 44.6 Å². The van der Waals surface area contributed by atoms with E-state index < -0.39 is 0 Å². The van der Waals surface area contributed by atoms with E-state index in [2.05, 4.69) is 274 Å². The summed E-state index contributed by atoms with van der Waals surface area (Å²) in [6.45, 7) is 30.4. The third kappa shape index (κ3) is 8.90.